The van der Waals surface area contributed by atoms with E-state index in [1.807, 2.05) is 31.2 Å². The van der Waals surface area contributed by atoms with E-state index in [2.05, 4.69) is 5.32 Å². The number of imide groups is 1. The molecule has 1 N–H and O–H groups in total. The van der Waals surface area contributed by atoms with Crippen LogP contribution in [0.15, 0.2) is 42.5 Å². The minimum atomic E-state index is -1.00. The Balaban J connectivity index is 1.70. The van der Waals surface area contributed by atoms with Crippen molar-refractivity contribution in [3.8, 4) is 5.75 Å². The molecule has 0 bridgehead atoms. The van der Waals surface area contributed by atoms with Gasteiger partial charge >= 0.3 is 6.03 Å². The molecule has 29 heavy (non-hydrogen) atoms. The summed E-state index contributed by atoms with van der Waals surface area (Å²) in [6.45, 7) is 3.86. The van der Waals surface area contributed by atoms with Crippen molar-refractivity contribution < 1.29 is 19.1 Å². The highest BCUT2D eigenvalue weighted by atomic mass is 16.5. The molecule has 6 heteroatoms. The Bertz CT molecular complexity index is 1000. The van der Waals surface area contributed by atoms with E-state index in [0.29, 0.717) is 29.9 Å². The first kappa shape index (κ1) is 19.2. The molecular weight excluding hydrogens is 368 g/mol. The third-order valence-electron chi connectivity index (χ3n) is 5.75. The first-order valence-corrected chi connectivity index (χ1v) is 9.95. The average Bonchev–Trinajstić information content (AvgIpc) is 2.94. The maximum Gasteiger partial charge on any atom is 0.325 e. The summed E-state index contributed by atoms with van der Waals surface area (Å²) in [7, 11) is 0. The summed E-state index contributed by atoms with van der Waals surface area (Å²) in [5.74, 6) is 0.248. The molecule has 1 saturated heterocycles. The zero-order valence-corrected chi connectivity index (χ0v) is 16.7. The van der Waals surface area contributed by atoms with Crippen LogP contribution >= 0.6 is 0 Å². The number of nitrogens with one attached hydrogen (secondary N) is 1. The lowest BCUT2D eigenvalue weighted by molar-refractivity contribution is -0.132. The number of carbonyl (C=O) groups is 3. The number of hydrogen-bond acceptors (Lipinski definition) is 4. The molecule has 0 saturated carbocycles. The number of nitrogens with zero attached hydrogens (tertiary/aromatic N) is 1. The van der Waals surface area contributed by atoms with Crippen LogP contribution in [0.2, 0.25) is 0 Å². The van der Waals surface area contributed by atoms with Crippen molar-refractivity contribution in [1.29, 1.82) is 0 Å². The van der Waals surface area contributed by atoms with E-state index < -0.39 is 11.6 Å². The molecule has 2 aromatic rings. The number of hydrogen-bond donors (Lipinski definition) is 1. The molecule has 1 spiro atoms. The van der Waals surface area contributed by atoms with Gasteiger partial charge in [-0.3, -0.25) is 14.5 Å². The maximum atomic E-state index is 13.5. The molecule has 1 aliphatic heterocycles. The van der Waals surface area contributed by atoms with Crippen LogP contribution in [0.3, 0.4) is 0 Å². The van der Waals surface area contributed by atoms with Gasteiger partial charge in [0, 0.05) is 11.1 Å². The minimum absolute atomic E-state index is 0.0606. The van der Waals surface area contributed by atoms with Gasteiger partial charge in [-0.05, 0) is 62.4 Å². The van der Waals surface area contributed by atoms with Gasteiger partial charge in [0.2, 0.25) is 0 Å². The molecule has 2 aliphatic rings. The quantitative estimate of drug-likeness (QED) is 0.623. The normalized spacial score (nSPS) is 20.6. The fourth-order valence-corrected chi connectivity index (χ4v) is 4.34. The third kappa shape index (κ3) is 3.18. The van der Waals surface area contributed by atoms with Crippen molar-refractivity contribution in [2.45, 2.75) is 45.2 Å². The van der Waals surface area contributed by atoms with Gasteiger partial charge in [-0.1, -0.05) is 24.3 Å². The van der Waals surface area contributed by atoms with Gasteiger partial charge in [0.25, 0.3) is 5.91 Å². The van der Waals surface area contributed by atoms with Crippen LogP contribution in [0.5, 0.6) is 5.75 Å². The second-order valence-electron chi connectivity index (χ2n) is 7.55. The van der Waals surface area contributed by atoms with Crippen LogP contribution in [-0.2, 0) is 23.3 Å². The Kier molecular flexibility index (Phi) is 4.86. The number of benzene rings is 2. The molecule has 1 heterocycles. The fourth-order valence-electron chi connectivity index (χ4n) is 4.34. The predicted octanol–water partition coefficient (Wildman–Crippen LogP) is 3.57. The van der Waals surface area contributed by atoms with E-state index in [-0.39, 0.29) is 18.2 Å². The van der Waals surface area contributed by atoms with Crippen molar-refractivity contribution in [1.82, 2.24) is 10.2 Å². The number of ether oxygens (including phenoxy) is 1. The number of ketones is 1. The van der Waals surface area contributed by atoms with Gasteiger partial charge in [-0.15, -0.1) is 0 Å². The number of carbonyl (C=O) groups excluding carboxylic acids is 3. The van der Waals surface area contributed by atoms with E-state index in [1.54, 1.807) is 18.2 Å². The molecule has 1 atom stereocenters. The zero-order chi connectivity index (χ0) is 20.6. The molecule has 3 amide bonds. The first-order chi connectivity index (χ1) is 14.0. The standard InChI is InChI=1S/C23H24N2O4/c1-3-29-20-11-10-17(15(2)26)13-18(20)14-25-21(27)23(24-22(25)28)12-6-8-16-7-4-5-9-19(16)23/h4-5,7,9-11,13H,3,6,8,12,14H2,1-2H3,(H,24,28). The van der Waals surface area contributed by atoms with Crippen LogP contribution in [0.1, 0.15) is 53.7 Å². The zero-order valence-electron chi connectivity index (χ0n) is 16.7. The van der Waals surface area contributed by atoms with E-state index >= 15 is 0 Å². The van der Waals surface area contributed by atoms with Crippen molar-refractivity contribution in [3.05, 3.63) is 64.7 Å². The molecule has 150 valence electrons. The second kappa shape index (κ2) is 7.35. The smallest absolute Gasteiger partial charge is 0.325 e. The summed E-state index contributed by atoms with van der Waals surface area (Å²) in [4.78, 5) is 39.4. The number of fused-ring (bicyclic) bond motifs is 2. The third-order valence-corrected chi connectivity index (χ3v) is 5.75. The Morgan fingerprint density at radius 1 is 1.21 bits per heavy atom. The Morgan fingerprint density at radius 3 is 2.76 bits per heavy atom. The molecule has 4 rings (SSSR count). The van der Waals surface area contributed by atoms with Gasteiger partial charge in [-0.2, -0.15) is 0 Å². The maximum absolute atomic E-state index is 13.5. The van der Waals surface area contributed by atoms with Crippen LogP contribution in [0, 0.1) is 0 Å². The Labute approximate surface area is 169 Å². The molecule has 0 radical (unpaired) electrons. The average molecular weight is 392 g/mol. The Hall–Kier alpha value is -3.15. The molecule has 1 unspecified atom stereocenters. The molecule has 2 aromatic carbocycles. The molecule has 6 nitrogen and oxygen atoms in total. The van der Waals surface area contributed by atoms with Crippen LogP contribution in [0.25, 0.3) is 0 Å². The number of urea groups is 1. The van der Waals surface area contributed by atoms with Gasteiger partial charge in [0.05, 0.1) is 13.2 Å². The summed E-state index contributed by atoms with van der Waals surface area (Å²) in [5, 5.41) is 2.96. The van der Waals surface area contributed by atoms with E-state index in [4.69, 9.17) is 4.74 Å². The van der Waals surface area contributed by atoms with Gasteiger partial charge in [-0.25, -0.2) is 4.79 Å². The van der Waals surface area contributed by atoms with E-state index in [0.717, 1.165) is 24.0 Å². The van der Waals surface area contributed by atoms with Gasteiger partial charge < -0.3 is 10.1 Å². The number of rotatable bonds is 5. The largest absolute Gasteiger partial charge is 0.494 e. The molecular formula is C23H24N2O4. The van der Waals surface area contributed by atoms with E-state index in [9.17, 15) is 14.4 Å². The Morgan fingerprint density at radius 2 is 2.00 bits per heavy atom. The van der Waals surface area contributed by atoms with Crippen molar-refractivity contribution in [2.24, 2.45) is 0 Å². The summed E-state index contributed by atoms with van der Waals surface area (Å²) in [6.07, 6.45) is 2.31. The summed E-state index contributed by atoms with van der Waals surface area (Å²) in [6, 6.07) is 12.5. The van der Waals surface area contributed by atoms with Crippen molar-refractivity contribution in [2.75, 3.05) is 6.61 Å². The number of Topliss-reactive ketones (excluding diaryl/α,β-unsaturated/α-hetero) is 1. The van der Waals surface area contributed by atoms with Gasteiger partial charge in [0.1, 0.15) is 11.3 Å². The lowest BCUT2D eigenvalue weighted by Crippen LogP contribution is -2.46. The summed E-state index contributed by atoms with van der Waals surface area (Å²) < 4.78 is 5.66. The van der Waals surface area contributed by atoms with Crippen molar-refractivity contribution >= 4 is 17.7 Å². The SMILES string of the molecule is CCOc1ccc(C(C)=O)cc1CN1C(=O)NC2(CCCc3ccccc32)C1=O. The number of aryl methyl sites for hydroxylation is 1. The topological polar surface area (TPSA) is 75.7 Å². The van der Waals surface area contributed by atoms with Gasteiger partial charge in [0.15, 0.2) is 5.78 Å². The first-order valence-electron chi connectivity index (χ1n) is 9.95. The molecule has 1 aliphatic carbocycles. The molecule has 1 fully saturated rings. The van der Waals surface area contributed by atoms with Crippen LogP contribution in [0.4, 0.5) is 4.79 Å². The summed E-state index contributed by atoms with van der Waals surface area (Å²) >= 11 is 0. The fraction of sp³-hybridized carbons (Fsp3) is 0.348. The lowest BCUT2D eigenvalue weighted by atomic mass is 9.76. The predicted molar refractivity (Wildman–Crippen MR) is 108 cm³/mol. The highest BCUT2D eigenvalue weighted by Crippen LogP contribution is 2.40. The monoisotopic (exact) mass is 392 g/mol. The van der Waals surface area contributed by atoms with Crippen LogP contribution < -0.4 is 10.1 Å². The van der Waals surface area contributed by atoms with Crippen LogP contribution in [-0.4, -0.2) is 29.2 Å². The number of amides is 3. The van der Waals surface area contributed by atoms with E-state index in [1.165, 1.54) is 11.8 Å². The highest BCUT2D eigenvalue weighted by Gasteiger charge is 2.53. The minimum Gasteiger partial charge on any atom is -0.494 e. The van der Waals surface area contributed by atoms with Crippen molar-refractivity contribution in [3.63, 3.8) is 0 Å². The summed E-state index contributed by atoms with van der Waals surface area (Å²) in [5.41, 5.74) is 2.14. The second-order valence-corrected chi connectivity index (χ2v) is 7.55. The highest BCUT2D eigenvalue weighted by molar-refractivity contribution is 6.07. The molecule has 0 aromatic heterocycles. The lowest BCUT2D eigenvalue weighted by Gasteiger charge is -2.33.